The number of hydrogen-bond donors (Lipinski definition) is 1. The Morgan fingerprint density at radius 3 is 1.53 bits per heavy atom. The summed E-state index contributed by atoms with van der Waals surface area (Å²) >= 11 is 7.07. The van der Waals surface area contributed by atoms with Gasteiger partial charge >= 0.3 is 19.1 Å². The summed E-state index contributed by atoms with van der Waals surface area (Å²) in [5.41, 5.74) is 8.17. The number of methoxy groups -OCH3 is 2. The Hall–Kier alpha value is -5.07. The van der Waals surface area contributed by atoms with Crippen molar-refractivity contribution in [3.05, 3.63) is 150 Å². The summed E-state index contributed by atoms with van der Waals surface area (Å²) in [6.07, 6.45) is 7.41. The Bertz CT molecular complexity index is 2340. The highest BCUT2D eigenvalue weighted by Crippen LogP contribution is 2.37. The minimum Gasteiger partial charge on any atom is -0.469 e. The first-order chi connectivity index (χ1) is 27.8. The Labute approximate surface area is 356 Å². The van der Waals surface area contributed by atoms with Crippen LogP contribution in [0.5, 0.6) is 0 Å². The number of nitrogens with zero attached hydrogens (tertiary/aromatic N) is 2. The molecule has 0 saturated carbocycles. The van der Waals surface area contributed by atoms with Gasteiger partial charge in [0.2, 0.25) is 0 Å². The molecule has 0 atom stereocenters. The topological polar surface area (TPSA) is 96.8 Å². The molecule has 1 aliphatic heterocycles. The molecule has 0 aliphatic carbocycles. The van der Waals surface area contributed by atoms with E-state index in [1.807, 2.05) is 125 Å². The molecule has 0 amide bonds. The van der Waals surface area contributed by atoms with Gasteiger partial charge in [0, 0.05) is 33.2 Å². The predicted molar refractivity (Wildman–Crippen MR) is 245 cm³/mol. The molecule has 7 rings (SSSR count). The molecule has 3 heterocycles. The van der Waals surface area contributed by atoms with Crippen LogP contribution in [0.4, 0.5) is 0 Å². The van der Waals surface area contributed by atoms with E-state index in [9.17, 15) is 9.59 Å². The number of para-hydroxylation sites is 2. The third-order valence-corrected chi connectivity index (χ3v) is 10.5. The first-order valence-corrected chi connectivity index (χ1v) is 20.3. The average Bonchev–Trinajstić information content (AvgIpc) is 3.47. The van der Waals surface area contributed by atoms with Crippen molar-refractivity contribution in [3.63, 3.8) is 0 Å². The lowest BCUT2D eigenvalue weighted by Gasteiger charge is -2.32. The number of ether oxygens (including phenoxy) is 2. The molecule has 2 aromatic heterocycles. The van der Waals surface area contributed by atoms with Crippen molar-refractivity contribution in [2.24, 2.45) is 0 Å². The van der Waals surface area contributed by atoms with E-state index in [4.69, 9.17) is 18.8 Å². The molecule has 0 N–H and O–H groups in total. The molecule has 0 bridgehead atoms. The maximum Gasteiger partial charge on any atom is 0.486 e. The fraction of sp³-hybridized carbons (Fsp3) is 0.234. The molecular weight excluding hydrogens is 811 g/mol. The number of halogens is 1. The second-order valence-corrected chi connectivity index (χ2v) is 14.9. The quantitative estimate of drug-likeness (QED) is 0.0918. The third kappa shape index (κ3) is 10.9. The van der Waals surface area contributed by atoms with Gasteiger partial charge in [0.15, 0.2) is 0 Å². The van der Waals surface area contributed by atoms with Gasteiger partial charge in [0.25, 0.3) is 0 Å². The summed E-state index contributed by atoms with van der Waals surface area (Å²) in [5.74, 6) is 1.13. The lowest BCUT2D eigenvalue weighted by molar-refractivity contribution is -0.140. The summed E-state index contributed by atoms with van der Waals surface area (Å²) in [7, 11) is 2.55. The molecule has 8 nitrogen and oxygen atoms in total. The van der Waals surface area contributed by atoms with Crippen molar-refractivity contribution in [3.8, 4) is 22.3 Å². The van der Waals surface area contributed by atoms with Crippen LogP contribution in [0.2, 0.25) is 0 Å². The van der Waals surface area contributed by atoms with E-state index >= 15 is 0 Å². The van der Waals surface area contributed by atoms with Crippen molar-refractivity contribution in [2.45, 2.75) is 51.7 Å². The number of hydrogen-bond acceptors (Lipinski definition) is 9. The highest BCUT2D eigenvalue weighted by Gasteiger charge is 2.49. The zero-order valence-electron chi connectivity index (χ0n) is 34.1. The molecule has 11 heteroatoms. The van der Waals surface area contributed by atoms with E-state index in [0.717, 1.165) is 65.2 Å². The first kappa shape index (κ1) is 45.6. The lowest BCUT2D eigenvalue weighted by Crippen LogP contribution is -2.41. The van der Waals surface area contributed by atoms with Crippen LogP contribution in [0.25, 0.3) is 50.1 Å². The maximum absolute atomic E-state index is 11.8. The number of thiol groups is 1. The highest BCUT2D eigenvalue weighted by molar-refractivity contribution is 9.10. The van der Waals surface area contributed by atoms with Crippen LogP contribution in [0.15, 0.2) is 133 Å². The third-order valence-electron chi connectivity index (χ3n) is 9.87. The van der Waals surface area contributed by atoms with Gasteiger partial charge in [-0.05, 0) is 89.3 Å². The van der Waals surface area contributed by atoms with Gasteiger partial charge in [0.05, 0.1) is 49.3 Å². The van der Waals surface area contributed by atoms with Gasteiger partial charge in [-0.1, -0.05) is 110 Å². The molecule has 4 aromatic carbocycles. The fourth-order valence-electron chi connectivity index (χ4n) is 6.28. The number of benzene rings is 4. The number of pyridine rings is 2. The smallest absolute Gasteiger partial charge is 0.469 e. The molecule has 58 heavy (non-hydrogen) atoms. The van der Waals surface area contributed by atoms with E-state index in [1.165, 1.54) is 14.2 Å². The Morgan fingerprint density at radius 2 is 1.12 bits per heavy atom. The van der Waals surface area contributed by atoms with Crippen LogP contribution in [-0.2, 0) is 41.2 Å². The summed E-state index contributed by atoms with van der Waals surface area (Å²) < 4.78 is 21.7. The van der Waals surface area contributed by atoms with Crippen LogP contribution in [0.1, 0.15) is 44.4 Å². The predicted octanol–water partition coefficient (Wildman–Crippen LogP) is 11.0. The molecule has 6 aromatic rings. The van der Waals surface area contributed by atoms with E-state index < -0.39 is 0 Å². The molecular formula is C47H50BBrN2O6S. The lowest BCUT2D eigenvalue weighted by atomic mass is 9.90. The number of rotatable bonds is 8. The molecule has 0 radical (unpaired) electrons. The zero-order chi connectivity index (χ0) is 42.5. The minimum atomic E-state index is -0.275. The molecule has 0 unspecified atom stereocenters. The van der Waals surface area contributed by atoms with Crippen LogP contribution >= 0.6 is 28.6 Å². The largest absolute Gasteiger partial charge is 0.486 e. The molecule has 0 spiro atoms. The van der Waals surface area contributed by atoms with Crippen molar-refractivity contribution < 1.29 is 28.4 Å². The van der Waals surface area contributed by atoms with Crippen molar-refractivity contribution in [2.75, 3.05) is 20.5 Å². The van der Waals surface area contributed by atoms with E-state index in [0.29, 0.717) is 0 Å². The molecule has 300 valence electrons. The minimum absolute atomic E-state index is 0.196. The average molecular weight is 862 g/mol. The van der Waals surface area contributed by atoms with Crippen molar-refractivity contribution >= 4 is 75.5 Å². The van der Waals surface area contributed by atoms with Crippen LogP contribution in [-0.4, -0.2) is 60.7 Å². The zero-order valence-corrected chi connectivity index (χ0v) is 36.6. The van der Waals surface area contributed by atoms with Crippen LogP contribution in [0.3, 0.4) is 0 Å². The SMILES string of the molecule is C=CB1OC(C)(C)C(C)(C)O1.C=Cc1cccc2c(-c3ccccc3)c(CC(=O)OC)cnc12.COC(=O)Cc1cnc2c(Br)cccc2c1-c1ccccc1.CS. The van der Waals surface area contributed by atoms with Crippen LogP contribution < -0.4 is 0 Å². The standard InChI is InChI=1S/C20H17NO2.C18H14BrNO2.C8H15BO2.CH4S/c1-3-14-10-7-11-17-19(15-8-5-4-6-9-15)16(12-18(22)23-2)13-21-20(14)17;1-22-16(21)10-13-11-20-18-14(8-5-9-15(18)19)17(13)12-6-3-2-4-7-12;1-6-9-10-7(2,3)8(4,5)11-9;1-2/h3-11,13H,1,12H2,2H3;2-9,11H,10H2,1H3;6H,1H2,2-5H3;2H,1H3. The number of aromatic nitrogens is 2. The van der Waals surface area contributed by atoms with Gasteiger partial charge in [0.1, 0.15) is 0 Å². The summed E-state index contributed by atoms with van der Waals surface area (Å²) in [4.78, 5) is 32.5. The Balaban J connectivity index is 0.000000199. The monoisotopic (exact) mass is 860 g/mol. The van der Waals surface area contributed by atoms with Gasteiger partial charge in [-0.25, -0.2) is 0 Å². The van der Waals surface area contributed by atoms with E-state index in [-0.39, 0.29) is 43.1 Å². The number of fused-ring (bicyclic) bond motifs is 2. The summed E-state index contributed by atoms with van der Waals surface area (Å²) in [6, 6.07) is 32.0. The number of esters is 2. The van der Waals surface area contributed by atoms with E-state index in [1.54, 1.807) is 30.7 Å². The number of carbonyl (C=O) groups excluding carboxylic acids is 2. The molecule has 1 aliphatic rings. The van der Waals surface area contributed by atoms with E-state index in [2.05, 4.69) is 51.7 Å². The molecule has 1 fully saturated rings. The highest BCUT2D eigenvalue weighted by atomic mass is 79.9. The van der Waals surface area contributed by atoms with Gasteiger partial charge in [-0.2, -0.15) is 12.6 Å². The van der Waals surface area contributed by atoms with Gasteiger partial charge in [-0.15, -0.1) is 6.58 Å². The number of carbonyl (C=O) groups is 2. The second-order valence-electron chi connectivity index (χ2n) is 14.0. The molecule has 1 saturated heterocycles. The van der Waals surface area contributed by atoms with Crippen LogP contribution in [0, 0.1) is 0 Å². The Kier molecular flexibility index (Phi) is 16.6. The maximum atomic E-state index is 11.8. The Morgan fingerprint density at radius 1 is 0.690 bits per heavy atom. The second kappa shape index (κ2) is 21.1. The fourth-order valence-corrected chi connectivity index (χ4v) is 6.75. The first-order valence-electron chi connectivity index (χ1n) is 18.6. The summed E-state index contributed by atoms with van der Waals surface area (Å²) in [5, 5.41) is 2.02. The van der Waals surface area contributed by atoms with Crippen molar-refractivity contribution in [1.82, 2.24) is 9.97 Å². The summed E-state index contributed by atoms with van der Waals surface area (Å²) in [6.45, 7) is 15.6. The van der Waals surface area contributed by atoms with Gasteiger partial charge < -0.3 is 18.8 Å². The van der Waals surface area contributed by atoms with Crippen molar-refractivity contribution in [1.29, 1.82) is 0 Å². The van der Waals surface area contributed by atoms with Gasteiger partial charge in [-0.3, -0.25) is 19.6 Å². The normalized spacial score (nSPS) is 13.4.